The lowest BCUT2D eigenvalue weighted by Gasteiger charge is -2.49. The topological polar surface area (TPSA) is 120 Å². The molecule has 5 N–H and O–H groups in total. The van der Waals surface area contributed by atoms with Crippen LogP contribution >= 0.6 is 23.2 Å². The number of aliphatic hydroxyl groups is 1. The first-order valence-corrected chi connectivity index (χ1v) is 12.2. The molecule has 1 atom stereocenters. The fourth-order valence-corrected chi connectivity index (χ4v) is 4.98. The minimum atomic E-state index is -0.740. The summed E-state index contributed by atoms with van der Waals surface area (Å²) in [6, 6.07) is 3.52. The zero-order chi connectivity index (χ0) is 26.9. The Bertz CT molecular complexity index is 1320. The van der Waals surface area contributed by atoms with Crippen LogP contribution in [0.2, 0.25) is 10.0 Å². The summed E-state index contributed by atoms with van der Waals surface area (Å²) >= 11 is 12.4. The maximum atomic E-state index is 15.0. The summed E-state index contributed by atoms with van der Waals surface area (Å²) in [7, 11) is 0. The highest BCUT2D eigenvalue weighted by atomic mass is 35.5. The molecule has 1 saturated heterocycles. The Morgan fingerprint density at radius 3 is 2.51 bits per heavy atom. The van der Waals surface area contributed by atoms with Crippen molar-refractivity contribution in [1.29, 1.82) is 5.41 Å². The third-order valence-corrected chi connectivity index (χ3v) is 6.73. The molecule has 0 bridgehead atoms. The van der Waals surface area contributed by atoms with Gasteiger partial charge in [-0.3, -0.25) is 10.4 Å². The normalized spacial score (nSPS) is 15.3. The van der Waals surface area contributed by atoms with Crippen LogP contribution in [0.25, 0.3) is 0 Å². The van der Waals surface area contributed by atoms with Crippen LogP contribution in [0, 0.1) is 17.0 Å². The predicted octanol–water partition coefficient (Wildman–Crippen LogP) is 4.36. The third-order valence-electron chi connectivity index (χ3n) is 6.13. The molecule has 3 heterocycles. The number of anilines is 2. The van der Waals surface area contributed by atoms with Crippen LogP contribution in [0.3, 0.4) is 0 Å². The van der Waals surface area contributed by atoms with Gasteiger partial charge in [-0.1, -0.05) is 23.2 Å². The molecule has 8 nitrogen and oxygen atoms in total. The summed E-state index contributed by atoms with van der Waals surface area (Å²) in [5, 5.41) is 21.3. The van der Waals surface area contributed by atoms with Gasteiger partial charge in [-0.05, 0) is 26.0 Å². The van der Waals surface area contributed by atoms with Crippen molar-refractivity contribution in [3.05, 3.63) is 75.2 Å². The van der Waals surface area contributed by atoms with Gasteiger partial charge in [-0.15, -0.1) is 0 Å². The average molecular weight is 551 g/mol. The number of rotatable bonds is 9. The number of aliphatic hydroxyl groups excluding tert-OH is 1. The molecule has 0 unspecified atom stereocenters. The molecule has 4 rings (SSSR count). The van der Waals surface area contributed by atoms with E-state index in [9.17, 15) is 8.78 Å². The number of hydrogen-bond donors (Lipinski definition) is 4. The lowest BCUT2D eigenvalue weighted by molar-refractivity contribution is 0.216. The molecule has 1 aromatic carbocycles. The zero-order valence-corrected chi connectivity index (χ0v) is 21.7. The van der Waals surface area contributed by atoms with E-state index in [1.807, 2.05) is 6.92 Å². The standard InChI is InChI=1S/C25H26Cl2F2N6O2/c1-13(22-16(26)9-32-10-17(22)27)37-21-6-15(20(30)7-18(21)28)23(31)14-5-19(29)24(33-8-14)35-11-25(2,12-35)34-3-4-36/h5-10,13,31,34,36H,3-4,11-12,30H2,1-2H3/t13-/m1/s1. The van der Waals surface area contributed by atoms with Gasteiger partial charge in [0.05, 0.1) is 27.9 Å². The average Bonchev–Trinajstić information content (AvgIpc) is 2.82. The predicted molar refractivity (Wildman–Crippen MR) is 140 cm³/mol. The molecule has 1 aliphatic heterocycles. The highest BCUT2D eigenvalue weighted by Crippen LogP contribution is 2.35. The summed E-state index contributed by atoms with van der Waals surface area (Å²) in [6.45, 7) is 5.12. The largest absolute Gasteiger partial charge is 0.483 e. The van der Waals surface area contributed by atoms with Gasteiger partial charge in [0.2, 0.25) is 0 Å². The Morgan fingerprint density at radius 1 is 1.22 bits per heavy atom. The molecule has 196 valence electrons. The van der Waals surface area contributed by atoms with E-state index in [-0.39, 0.29) is 56.3 Å². The van der Waals surface area contributed by atoms with Crippen LogP contribution in [-0.2, 0) is 0 Å². The first-order chi connectivity index (χ1) is 17.5. The Kier molecular flexibility index (Phi) is 7.84. The summed E-state index contributed by atoms with van der Waals surface area (Å²) < 4.78 is 35.5. The van der Waals surface area contributed by atoms with Crippen molar-refractivity contribution in [1.82, 2.24) is 15.3 Å². The lowest BCUT2D eigenvalue weighted by Crippen LogP contribution is -2.68. The molecule has 1 aliphatic rings. The molecule has 12 heteroatoms. The second-order valence-electron chi connectivity index (χ2n) is 9.12. The molecule has 1 fully saturated rings. The fraction of sp³-hybridized carbons (Fsp3) is 0.320. The van der Waals surface area contributed by atoms with Crippen LogP contribution in [0.5, 0.6) is 5.75 Å². The molecular formula is C25H26Cl2F2N6O2. The quantitative estimate of drug-likeness (QED) is 0.230. The summed E-state index contributed by atoms with van der Waals surface area (Å²) in [5.41, 5.74) is 6.34. The van der Waals surface area contributed by atoms with Gasteiger partial charge in [-0.2, -0.15) is 0 Å². The lowest BCUT2D eigenvalue weighted by atomic mass is 9.92. The number of nitrogens with one attached hydrogen (secondary N) is 2. The van der Waals surface area contributed by atoms with Crippen LogP contribution in [0.4, 0.5) is 20.3 Å². The van der Waals surface area contributed by atoms with E-state index < -0.39 is 17.7 Å². The van der Waals surface area contributed by atoms with Gasteiger partial charge in [0.15, 0.2) is 23.2 Å². The molecule has 0 saturated carbocycles. The summed E-state index contributed by atoms with van der Waals surface area (Å²) in [5.74, 6) is -1.35. The van der Waals surface area contributed by atoms with Crippen LogP contribution in [-0.4, -0.2) is 52.6 Å². The van der Waals surface area contributed by atoms with Crippen molar-refractivity contribution < 1.29 is 18.6 Å². The van der Waals surface area contributed by atoms with Crippen molar-refractivity contribution in [3.8, 4) is 5.75 Å². The second-order valence-corrected chi connectivity index (χ2v) is 9.93. The maximum absolute atomic E-state index is 15.0. The number of ether oxygens (including phenoxy) is 1. The monoisotopic (exact) mass is 550 g/mol. The number of pyridine rings is 2. The molecular weight excluding hydrogens is 525 g/mol. The smallest absolute Gasteiger partial charge is 0.167 e. The van der Waals surface area contributed by atoms with Crippen molar-refractivity contribution >= 4 is 40.4 Å². The van der Waals surface area contributed by atoms with E-state index in [0.29, 0.717) is 25.2 Å². The molecule has 3 aromatic rings. The summed E-state index contributed by atoms with van der Waals surface area (Å²) in [4.78, 5) is 9.88. The zero-order valence-electron chi connectivity index (χ0n) is 20.2. The van der Waals surface area contributed by atoms with Crippen molar-refractivity contribution in [2.45, 2.75) is 25.5 Å². The van der Waals surface area contributed by atoms with Gasteiger partial charge in [-0.25, -0.2) is 13.8 Å². The van der Waals surface area contributed by atoms with Crippen LogP contribution in [0.1, 0.15) is 36.6 Å². The maximum Gasteiger partial charge on any atom is 0.167 e. The Morgan fingerprint density at radius 2 is 1.89 bits per heavy atom. The first-order valence-electron chi connectivity index (χ1n) is 11.4. The summed E-state index contributed by atoms with van der Waals surface area (Å²) in [6.07, 6.45) is 3.44. The third kappa shape index (κ3) is 5.62. The molecule has 37 heavy (non-hydrogen) atoms. The number of aromatic nitrogens is 2. The van der Waals surface area contributed by atoms with E-state index in [0.717, 1.165) is 6.07 Å². The number of nitrogen functional groups attached to an aromatic ring is 1. The van der Waals surface area contributed by atoms with Gasteiger partial charge in [0.25, 0.3) is 0 Å². The molecule has 0 spiro atoms. The molecule has 0 aliphatic carbocycles. The van der Waals surface area contributed by atoms with E-state index in [2.05, 4.69) is 15.3 Å². The minimum absolute atomic E-state index is 0.0135. The SMILES string of the molecule is C[C@@H](Oc1cc(C(=N)c2cnc(N3CC(C)(NCCO)C3)c(F)c2)c(N)cc1F)c1c(Cl)cncc1Cl. The number of halogens is 4. The first kappa shape index (κ1) is 27.0. The number of benzene rings is 1. The Labute approximate surface area is 222 Å². The van der Waals surface area contributed by atoms with Crippen LogP contribution < -0.4 is 20.7 Å². The molecule has 0 amide bonds. The fourth-order valence-electron chi connectivity index (χ4n) is 4.31. The molecule has 2 aromatic heterocycles. The number of nitrogens with two attached hydrogens (primary N) is 1. The second kappa shape index (κ2) is 10.7. The molecule has 0 radical (unpaired) electrons. The number of nitrogens with zero attached hydrogens (tertiary/aromatic N) is 3. The Balaban J connectivity index is 1.54. The van der Waals surface area contributed by atoms with Gasteiger partial charge in [0.1, 0.15) is 6.10 Å². The van der Waals surface area contributed by atoms with E-state index >= 15 is 0 Å². The van der Waals surface area contributed by atoms with Gasteiger partial charge < -0.3 is 25.8 Å². The van der Waals surface area contributed by atoms with E-state index in [4.69, 9.17) is 44.2 Å². The number of hydrogen-bond acceptors (Lipinski definition) is 8. The van der Waals surface area contributed by atoms with E-state index in [1.54, 1.807) is 11.8 Å². The van der Waals surface area contributed by atoms with Gasteiger partial charge >= 0.3 is 0 Å². The number of β-amino-alcohol motifs (C(OH)–C–C–N with tert-alkyl or cyclic N) is 1. The van der Waals surface area contributed by atoms with Crippen molar-refractivity contribution in [2.24, 2.45) is 0 Å². The minimum Gasteiger partial charge on any atom is -0.483 e. The van der Waals surface area contributed by atoms with Crippen LogP contribution in [0.15, 0.2) is 36.8 Å². The Hall–Kier alpha value is -3.05. The van der Waals surface area contributed by atoms with Gasteiger partial charge in [0, 0.05) is 66.7 Å². The van der Waals surface area contributed by atoms with E-state index in [1.165, 1.54) is 30.7 Å². The van der Waals surface area contributed by atoms with Crippen molar-refractivity contribution in [3.63, 3.8) is 0 Å². The highest BCUT2D eigenvalue weighted by molar-refractivity contribution is 6.35. The van der Waals surface area contributed by atoms with Crippen molar-refractivity contribution in [2.75, 3.05) is 36.9 Å². The highest BCUT2D eigenvalue weighted by Gasteiger charge is 2.39.